The van der Waals surface area contributed by atoms with E-state index in [0.717, 1.165) is 24.4 Å². The zero-order valence-electron chi connectivity index (χ0n) is 8.36. The number of rotatable bonds is 2. The number of hydrogen-bond acceptors (Lipinski definition) is 2. The van der Waals surface area contributed by atoms with Crippen LogP contribution in [0.25, 0.3) is 0 Å². The predicted molar refractivity (Wildman–Crippen MR) is 56.8 cm³/mol. The molecule has 0 saturated carbocycles. The molecule has 1 heterocycles. The van der Waals surface area contributed by atoms with Gasteiger partial charge in [-0.2, -0.15) is 0 Å². The first-order valence-electron chi connectivity index (χ1n) is 4.92. The first kappa shape index (κ1) is 9.28. The van der Waals surface area contributed by atoms with Crippen LogP contribution >= 0.6 is 0 Å². The Morgan fingerprint density at radius 3 is 2.57 bits per heavy atom. The summed E-state index contributed by atoms with van der Waals surface area (Å²) in [6, 6.07) is 8.17. The van der Waals surface area contributed by atoms with Gasteiger partial charge in [0, 0.05) is 6.42 Å². The van der Waals surface area contributed by atoms with E-state index in [1.54, 1.807) is 0 Å². The van der Waals surface area contributed by atoms with Gasteiger partial charge in [-0.05, 0) is 18.6 Å². The molecular weight excluding hydrogens is 174 g/mol. The normalized spacial score (nSPS) is 17.4. The van der Waals surface area contributed by atoms with E-state index in [2.05, 4.69) is 37.3 Å². The summed E-state index contributed by atoms with van der Waals surface area (Å²) in [7, 11) is 0. The second-order valence-corrected chi connectivity index (χ2v) is 3.63. The van der Waals surface area contributed by atoms with Gasteiger partial charge < -0.3 is 10.5 Å². The molecule has 1 unspecified atom stereocenters. The van der Waals surface area contributed by atoms with E-state index in [1.807, 2.05) is 0 Å². The lowest BCUT2D eigenvalue weighted by Gasteiger charge is -2.13. The molecule has 0 bridgehead atoms. The van der Waals surface area contributed by atoms with Crippen LogP contribution in [0.2, 0.25) is 0 Å². The summed E-state index contributed by atoms with van der Waals surface area (Å²) < 4.78 is 5.44. The van der Waals surface area contributed by atoms with Crippen LogP contribution < -0.4 is 5.73 Å². The van der Waals surface area contributed by atoms with Gasteiger partial charge in [-0.3, -0.25) is 0 Å². The molecule has 1 aliphatic heterocycles. The Hall–Kier alpha value is -1.28. The average molecular weight is 189 g/mol. The van der Waals surface area contributed by atoms with Crippen molar-refractivity contribution in [2.75, 3.05) is 6.61 Å². The maximum Gasteiger partial charge on any atom is 0.113 e. The Balaban J connectivity index is 2.18. The lowest BCUT2D eigenvalue weighted by Crippen LogP contribution is -2.13. The summed E-state index contributed by atoms with van der Waals surface area (Å²) >= 11 is 0. The highest BCUT2D eigenvalue weighted by molar-refractivity contribution is 5.28. The molecule has 0 aliphatic carbocycles. The summed E-state index contributed by atoms with van der Waals surface area (Å²) in [5, 5.41) is 0. The Kier molecular flexibility index (Phi) is 2.55. The maximum absolute atomic E-state index is 6.06. The largest absolute Gasteiger partial charge is 0.496 e. The van der Waals surface area contributed by atoms with Crippen LogP contribution in [0.15, 0.2) is 36.1 Å². The van der Waals surface area contributed by atoms with E-state index in [1.165, 1.54) is 5.56 Å². The van der Waals surface area contributed by atoms with Gasteiger partial charge in [0.05, 0.1) is 12.6 Å². The summed E-state index contributed by atoms with van der Waals surface area (Å²) in [5.74, 6) is 0.911. The molecular formula is C12H15NO. The zero-order valence-corrected chi connectivity index (χ0v) is 8.36. The fourth-order valence-electron chi connectivity index (χ4n) is 1.59. The lowest BCUT2D eigenvalue weighted by atomic mass is 10.0. The van der Waals surface area contributed by atoms with Crippen LogP contribution in [0, 0.1) is 6.92 Å². The monoisotopic (exact) mass is 189 g/mol. The quantitative estimate of drug-likeness (QED) is 0.774. The van der Waals surface area contributed by atoms with Crippen LogP contribution in [0.3, 0.4) is 0 Å². The van der Waals surface area contributed by atoms with E-state index in [4.69, 9.17) is 10.5 Å². The van der Waals surface area contributed by atoms with Gasteiger partial charge in [0.15, 0.2) is 0 Å². The third-order valence-corrected chi connectivity index (χ3v) is 2.48. The third-order valence-electron chi connectivity index (χ3n) is 2.48. The van der Waals surface area contributed by atoms with Gasteiger partial charge in [-0.25, -0.2) is 0 Å². The smallest absolute Gasteiger partial charge is 0.113 e. The minimum Gasteiger partial charge on any atom is -0.496 e. The van der Waals surface area contributed by atoms with Crippen molar-refractivity contribution in [3.8, 4) is 0 Å². The minimum atomic E-state index is -0.0990. The summed E-state index contributed by atoms with van der Waals surface area (Å²) in [4.78, 5) is 0. The van der Waals surface area contributed by atoms with Crippen molar-refractivity contribution < 1.29 is 4.74 Å². The molecule has 2 rings (SSSR count). The van der Waals surface area contributed by atoms with E-state index in [-0.39, 0.29) is 6.04 Å². The second-order valence-electron chi connectivity index (χ2n) is 3.63. The van der Waals surface area contributed by atoms with Crippen LogP contribution in [0.4, 0.5) is 0 Å². The molecule has 1 aliphatic rings. The predicted octanol–water partition coefficient (Wildman–Crippen LogP) is 2.30. The maximum atomic E-state index is 6.06. The van der Waals surface area contributed by atoms with E-state index >= 15 is 0 Å². The molecule has 0 fully saturated rings. The number of ether oxygens (including phenoxy) is 1. The van der Waals surface area contributed by atoms with Crippen molar-refractivity contribution in [1.29, 1.82) is 0 Å². The van der Waals surface area contributed by atoms with Crippen LogP contribution in [-0.2, 0) is 4.74 Å². The Morgan fingerprint density at radius 1 is 1.29 bits per heavy atom. The zero-order chi connectivity index (χ0) is 9.97. The number of nitrogens with two attached hydrogens (primary N) is 1. The van der Waals surface area contributed by atoms with Gasteiger partial charge in [-0.1, -0.05) is 29.8 Å². The molecule has 2 nitrogen and oxygen atoms in total. The van der Waals surface area contributed by atoms with E-state index in [0.29, 0.717) is 0 Å². The lowest BCUT2D eigenvalue weighted by molar-refractivity contribution is 0.225. The van der Waals surface area contributed by atoms with Crippen LogP contribution in [0.1, 0.15) is 23.6 Å². The van der Waals surface area contributed by atoms with E-state index in [9.17, 15) is 0 Å². The molecule has 2 heteroatoms. The molecule has 74 valence electrons. The molecule has 1 aromatic carbocycles. The highest BCUT2D eigenvalue weighted by Crippen LogP contribution is 2.24. The molecule has 0 saturated heterocycles. The Labute approximate surface area is 84.4 Å². The first-order chi connectivity index (χ1) is 6.77. The van der Waals surface area contributed by atoms with Gasteiger partial charge in [0.2, 0.25) is 0 Å². The Bertz CT molecular complexity index is 340. The molecule has 0 aromatic heterocycles. The van der Waals surface area contributed by atoms with Gasteiger partial charge in [0.25, 0.3) is 0 Å². The molecule has 1 atom stereocenters. The van der Waals surface area contributed by atoms with Gasteiger partial charge in [0.1, 0.15) is 5.76 Å². The molecule has 0 radical (unpaired) electrons. The highest BCUT2D eigenvalue weighted by atomic mass is 16.5. The van der Waals surface area contributed by atoms with Crippen molar-refractivity contribution >= 4 is 0 Å². The SMILES string of the molecule is Cc1ccc(C(N)C2=CCCO2)cc1. The number of aryl methyl sites for hydroxylation is 1. The molecule has 2 N–H and O–H groups in total. The fourth-order valence-corrected chi connectivity index (χ4v) is 1.59. The number of hydrogen-bond donors (Lipinski definition) is 1. The van der Waals surface area contributed by atoms with Gasteiger partial charge >= 0.3 is 0 Å². The average Bonchev–Trinajstić information content (AvgIpc) is 2.71. The number of benzene rings is 1. The summed E-state index contributed by atoms with van der Waals surface area (Å²) in [6.07, 6.45) is 3.05. The molecule has 14 heavy (non-hydrogen) atoms. The van der Waals surface area contributed by atoms with Crippen molar-refractivity contribution in [1.82, 2.24) is 0 Å². The topological polar surface area (TPSA) is 35.2 Å². The Morgan fingerprint density at radius 2 is 2.00 bits per heavy atom. The van der Waals surface area contributed by atoms with Crippen LogP contribution in [-0.4, -0.2) is 6.61 Å². The van der Waals surface area contributed by atoms with Crippen molar-refractivity contribution in [2.24, 2.45) is 5.73 Å². The first-order valence-corrected chi connectivity index (χ1v) is 4.92. The van der Waals surface area contributed by atoms with Gasteiger partial charge in [-0.15, -0.1) is 0 Å². The summed E-state index contributed by atoms with van der Waals surface area (Å²) in [5.41, 5.74) is 8.42. The standard InChI is InChI=1S/C12H15NO/c1-9-4-6-10(7-5-9)12(13)11-3-2-8-14-11/h3-7,12H,2,8,13H2,1H3. The van der Waals surface area contributed by atoms with E-state index < -0.39 is 0 Å². The fraction of sp³-hybridized carbons (Fsp3) is 0.333. The molecule has 0 amide bonds. The third kappa shape index (κ3) is 1.80. The second kappa shape index (κ2) is 3.84. The van der Waals surface area contributed by atoms with Crippen LogP contribution in [0.5, 0.6) is 0 Å². The molecule has 0 spiro atoms. The van der Waals surface area contributed by atoms with Crippen molar-refractivity contribution in [2.45, 2.75) is 19.4 Å². The van der Waals surface area contributed by atoms with Crippen molar-refractivity contribution in [3.63, 3.8) is 0 Å². The minimum absolute atomic E-state index is 0.0990. The summed E-state index contributed by atoms with van der Waals surface area (Å²) in [6.45, 7) is 2.84. The highest BCUT2D eigenvalue weighted by Gasteiger charge is 2.15. The van der Waals surface area contributed by atoms with Crippen molar-refractivity contribution in [3.05, 3.63) is 47.2 Å². The molecule has 1 aromatic rings.